The number of carboxylic acids is 1. The molecule has 2 aromatic rings. The molecule has 4 atom stereocenters. The highest BCUT2D eigenvalue weighted by atomic mass is 16.4. The molecule has 0 fully saturated rings. The normalized spacial score (nSPS) is 14.2. The molecule has 0 aliphatic carbocycles. The van der Waals surface area contributed by atoms with Crippen molar-refractivity contribution in [1.29, 1.82) is 0 Å². The number of aliphatic hydroxyl groups excluding tert-OH is 1. The number of H-pyrrole nitrogens is 1. The minimum absolute atomic E-state index is 0.0340. The van der Waals surface area contributed by atoms with E-state index in [0.717, 1.165) is 10.9 Å². The molecule has 2 rings (SSSR count). The predicted octanol–water partition coefficient (Wildman–Crippen LogP) is -1.72. The molecule has 3 amide bonds. The van der Waals surface area contributed by atoms with E-state index < -0.39 is 54.5 Å². The van der Waals surface area contributed by atoms with Gasteiger partial charge in [0.1, 0.15) is 18.1 Å². The van der Waals surface area contributed by atoms with Gasteiger partial charge in [0.05, 0.1) is 12.6 Å². The Balaban J connectivity index is 2.11. The van der Waals surface area contributed by atoms with Crippen LogP contribution in [0.15, 0.2) is 35.5 Å². The number of nitrogens with zero attached hydrogens (tertiary/aromatic N) is 1. The number of amides is 3. The molecule has 1 heterocycles. The second kappa shape index (κ2) is 14.7. The number of aliphatic imine (C=N–C) groups is 1. The Morgan fingerprint density at radius 3 is 2.21 bits per heavy atom. The van der Waals surface area contributed by atoms with Crippen LogP contribution >= 0.6 is 0 Å². The number of rotatable bonds is 15. The third-order valence-electron chi connectivity index (χ3n) is 6.13. The number of aliphatic hydroxyl groups is 1. The first-order valence-electron chi connectivity index (χ1n) is 12.5. The van der Waals surface area contributed by atoms with Gasteiger partial charge in [0, 0.05) is 30.1 Å². The van der Waals surface area contributed by atoms with Crippen LogP contribution in [-0.4, -0.2) is 82.2 Å². The number of carbonyl (C=O) groups is 4. The summed E-state index contributed by atoms with van der Waals surface area (Å²) in [6.45, 7) is 2.88. The third kappa shape index (κ3) is 9.26. The van der Waals surface area contributed by atoms with E-state index >= 15 is 0 Å². The number of carboxylic acid groups (broad SMARTS) is 1. The number of aromatic nitrogens is 1. The standard InChI is InChI=1S/C25H38N8O6/c1-13(2)20(26)23(37)31-17(8-5-9-29-25(27)28)21(35)33-19(12-34)22(36)32-18(24(38)39)10-14-11-30-16-7-4-3-6-15(14)16/h3-4,6-7,11,13,17-20,30,34H,5,8-10,12,26H2,1-2H3,(H,31,37)(H,32,36)(H,33,35)(H,38,39)(H4,27,28,29). The zero-order valence-electron chi connectivity index (χ0n) is 22.0. The van der Waals surface area contributed by atoms with E-state index in [1.54, 1.807) is 20.0 Å². The molecule has 0 bridgehead atoms. The Morgan fingerprint density at radius 1 is 0.974 bits per heavy atom. The maximum atomic E-state index is 13.0. The van der Waals surface area contributed by atoms with E-state index in [1.165, 1.54) is 0 Å². The Hall–Kier alpha value is -4.17. The van der Waals surface area contributed by atoms with Crippen LogP contribution in [0.5, 0.6) is 0 Å². The number of hydrogen-bond acceptors (Lipinski definition) is 7. The Morgan fingerprint density at radius 2 is 1.59 bits per heavy atom. The van der Waals surface area contributed by atoms with Crippen molar-refractivity contribution in [2.75, 3.05) is 13.2 Å². The summed E-state index contributed by atoms with van der Waals surface area (Å²) in [4.78, 5) is 57.2. The summed E-state index contributed by atoms with van der Waals surface area (Å²) in [7, 11) is 0. The van der Waals surface area contributed by atoms with E-state index in [2.05, 4.69) is 25.9 Å². The van der Waals surface area contributed by atoms with Gasteiger partial charge in [-0.2, -0.15) is 0 Å². The molecule has 0 radical (unpaired) electrons. The van der Waals surface area contributed by atoms with Crippen molar-refractivity contribution in [1.82, 2.24) is 20.9 Å². The van der Waals surface area contributed by atoms with Crippen molar-refractivity contribution >= 4 is 40.6 Å². The van der Waals surface area contributed by atoms with Crippen molar-refractivity contribution < 1.29 is 29.4 Å². The van der Waals surface area contributed by atoms with Gasteiger partial charge < -0.3 is 48.3 Å². The number of nitrogens with two attached hydrogens (primary N) is 3. The summed E-state index contributed by atoms with van der Waals surface area (Å²) < 4.78 is 0. The summed E-state index contributed by atoms with van der Waals surface area (Å²) in [6, 6.07) is 2.51. The molecule has 1 aromatic heterocycles. The average Bonchev–Trinajstić information content (AvgIpc) is 3.30. The summed E-state index contributed by atoms with van der Waals surface area (Å²) in [5, 5.41) is 27.7. The second-order valence-corrected chi connectivity index (χ2v) is 9.49. The van der Waals surface area contributed by atoms with Crippen molar-refractivity contribution in [3.8, 4) is 0 Å². The highest BCUT2D eigenvalue weighted by molar-refractivity contribution is 5.94. The second-order valence-electron chi connectivity index (χ2n) is 9.49. The van der Waals surface area contributed by atoms with E-state index in [0.29, 0.717) is 12.0 Å². The van der Waals surface area contributed by atoms with Gasteiger partial charge in [-0.3, -0.25) is 19.4 Å². The quantitative estimate of drug-likeness (QED) is 0.0698. The smallest absolute Gasteiger partial charge is 0.326 e. The number of fused-ring (bicyclic) bond motifs is 1. The fourth-order valence-electron chi connectivity index (χ4n) is 3.80. The Labute approximate surface area is 225 Å². The monoisotopic (exact) mass is 546 g/mol. The molecule has 0 aliphatic rings. The molecular formula is C25H38N8O6. The van der Waals surface area contributed by atoms with Crippen LogP contribution in [-0.2, 0) is 25.6 Å². The minimum atomic E-state index is -1.47. The lowest BCUT2D eigenvalue weighted by Crippen LogP contribution is -2.58. The summed E-state index contributed by atoms with van der Waals surface area (Å²) in [5.41, 5.74) is 18.0. The first kappa shape index (κ1) is 31.1. The molecular weight excluding hydrogens is 508 g/mol. The molecule has 14 heteroatoms. The topological polar surface area (TPSA) is 251 Å². The van der Waals surface area contributed by atoms with Gasteiger partial charge in [0.25, 0.3) is 0 Å². The maximum Gasteiger partial charge on any atom is 0.326 e. The number of guanidine groups is 1. The van der Waals surface area contributed by atoms with E-state index in [1.807, 2.05) is 24.3 Å². The van der Waals surface area contributed by atoms with Crippen molar-refractivity contribution in [2.24, 2.45) is 28.1 Å². The van der Waals surface area contributed by atoms with Crippen LogP contribution in [0.25, 0.3) is 10.9 Å². The van der Waals surface area contributed by atoms with Crippen LogP contribution in [0.4, 0.5) is 0 Å². The first-order valence-corrected chi connectivity index (χ1v) is 12.5. The van der Waals surface area contributed by atoms with Gasteiger partial charge in [0.2, 0.25) is 17.7 Å². The fourth-order valence-corrected chi connectivity index (χ4v) is 3.80. The van der Waals surface area contributed by atoms with Crippen LogP contribution in [0, 0.1) is 5.92 Å². The Bertz CT molecular complexity index is 1180. The van der Waals surface area contributed by atoms with Crippen LogP contribution < -0.4 is 33.2 Å². The minimum Gasteiger partial charge on any atom is -0.480 e. The van der Waals surface area contributed by atoms with Gasteiger partial charge >= 0.3 is 5.97 Å². The zero-order chi connectivity index (χ0) is 29.1. The first-order chi connectivity index (χ1) is 18.4. The molecule has 39 heavy (non-hydrogen) atoms. The molecule has 214 valence electrons. The predicted molar refractivity (Wildman–Crippen MR) is 145 cm³/mol. The molecule has 0 saturated carbocycles. The van der Waals surface area contributed by atoms with E-state index in [4.69, 9.17) is 17.2 Å². The van der Waals surface area contributed by atoms with E-state index in [-0.39, 0.29) is 31.3 Å². The molecule has 0 saturated heterocycles. The lowest BCUT2D eigenvalue weighted by molar-refractivity contribution is -0.142. The lowest BCUT2D eigenvalue weighted by Gasteiger charge is -2.25. The molecule has 1 aromatic carbocycles. The molecule has 12 N–H and O–H groups in total. The van der Waals surface area contributed by atoms with Gasteiger partial charge in [-0.05, 0) is 30.4 Å². The average molecular weight is 547 g/mol. The third-order valence-corrected chi connectivity index (χ3v) is 6.13. The number of para-hydroxylation sites is 1. The largest absolute Gasteiger partial charge is 0.480 e. The zero-order valence-corrected chi connectivity index (χ0v) is 22.0. The summed E-state index contributed by atoms with van der Waals surface area (Å²) >= 11 is 0. The summed E-state index contributed by atoms with van der Waals surface area (Å²) in [5.74, 6) is -3.84. The number of aliphatic carboxylic acids is 1. The van der Waals surface area contributed by atoms with Crippen LogP contribution in [0.2, 0.25) is 0 Å². The Kier molecular flexibility index (Phi) is 11.7. The van der Waals surface area contributed by atoms with Crippen LogP contribution in [0.3, 0.4) is 0 Å². The molecule has 0 aliphatic heterocycles. The SMILES string of the molecule is CC(C)C(N)C(=O)NC(CCCN=C(N)N)C(=O)NC(CO)C(=O)NC(Cc1c[nH]c2ccccc12)C(=O)O. The van der Waals surface area contributed by atoms with Gasteiger partial charge in [-0.25, -0.2) is 4.79 Å². The lowest BCUT2D eigenvalue weighted by atomic mass is 10.0. The van der Waals surface area contributed by atoms with Crippen LogP contribution in [0.1, 0.15) is 32.3 Å². The van der Waals surface area contributed by atoms with Crippen molar-refractivity contribution in [3.63, 3.8) is 0 Å². The number of hydrogen-bond donors (Lipinski definition) is 9. The van der Waals surface area contributed by atoms with Gasteiger partial charge in [0.15, 0.2) is 5.96 Å². The summed E-state index contributed by atoms with van der Waals surface area (Å²) in [6.07, 6.45) is 2.05. The van der Waals surface area contributed by atoms with Gasteiger partial charge in [-0.1, -0.05) is 32.0 Å². The highest BCUT2D eigenvalue weighted by Gasteiger charge is 2.30. The maximum absolute atomic E-state index is 13.0. The fraction of sp³-hybridized carbons (Fsp3) is 0.480. The van der Waals surface area contributed by atoms with Crippen molar-refractivity contribution in [2.45, 2.75) is 57.3 Å². The van der Waals surface area contributed by atoms with Gasteiger partial charge in [-0.15, -0.1) is 0 Å². The number of nitrogens with one attached hydrogen (secondary N) is 4. The molecule has 4 unspecified atom stereocenters. The highest BCUT2D eigenvalue weighted by Crippen LogP contribution is 2.19. The van der Waals surface area contributed by atoms with E-state index in [9.17, 15) is 29.4 Å². The molecule has 0 spiro atoms. The molecule has 14 nitrogen and oxygen atoms in total. The van der Waals surface area contributed by atoms with Crippen molar-refractivity contribution in [3.05, 3.63) is 36.0 Å². The number of carbonyl (C=O) groups excluding carboxylic acids is 3. The number of aromatic amines is 1. The number of benzene rings is 1.